The van der Waals surface area contributed by atoms with Gasteiger partial charge in [0.05, 0.1) is 12.5 Å². The second kappa shape index (κ2) is 12.2. The van der Waals surface area contributed by atoms with Gasteiger partial charge in [-0.05, 0) is 44.4 Å². The Morgan fingerprint density at radius 2 is 1.78 bits per heavy atom. The molecule has 0 radical (unpaired) electrons. The summed E-state index contributed by atoms with van der Waals surface area (Å²) < 4.78 is 0. The average Bonchev–Trinajstić information content (AvgIpc) is 2.65. The molecule has 2 fully saturated rings. The van der Waals surface area contributed by atoms with Gasteiger partial charge in [0.15, 0.2) is 0 Å². The predicted molar refractivity (Wildman–Crippen MR) is 113 cm³/mol. The number of halogens is 2. The van der Waals surface area contributed by atoms with Crippen LogP contribution in [0, 0.1) is 5.92 Å². The molecule has 8 heteroatoms. The Kier molecular flexibility index (Phi) is 10.7. The molecule has 0 saturated carbocycles. The van der Waals surface area contributed by atoms with Crippen LogP contribution in [0.3, 0.4) is 0 Å². The number of benzene rings is 1. The lowest BCUT2D eigenvalue weighted by Gasteiger charge is -2.33. The van der Waals surface area contributed by atoms with E-state index >= 15 is 0 Å². The molecule has 0 bridgehead atoms. The lowest BCUT2D eigenvalue weighted by Crippen LogP contribution is -2.49. The van der Waals surface area contributed by atoms with Gasteiger partial charge in [-0.25, -0.2) is 0 Å². The van der Waals surface area contributed by atoms with Gasteiger partial charge in [0, 0.05) is 31.4 Å². The summed E-state index contributed by atoms with van der Waals surface area (Å²) in [5.41, 5.74) is 0.829. The molecule has 2 saturated heterocycles. The molecule has 152 valence electrons. The molecule has 2 heterocycles. The van der Waals surface area contributed by atoms with E-state index in [0.717, 1.165) is 57.5 Å². The van der Waals surface area contributed by atoms with E-state index in [2.05, 4.69) is 20.9 Å². The number of nitrogens with zero attached hydrogens (tertiary/aromatic N) is 1. The molecule has 2 aliphatic rings. The predicted octanol–water partition coefficient (Wildman–Crippen LogP) is 2.05. The Labute approximate surface area is 173 Å². The van der Waals surface area contributed by atoms with Crippen molar-refractivity contribution in [2.75, 3.05) is 38.0 Å². The summed E-state index contributed by atoms with van der Waals surface area (Å²) >= 11 is 0. The van der Waals surface area contributed by atoms with Crippen molar-refractivity contribution in [1.29, 1.82) is 0 Å². The van der Waals surface area contributed by atoms with E-state index in [1.807, 2.05) is 30.3 Å². The minimum atomic E-state index is 0. The summed E-state index contributed by atoms with van der Waals surface area (Å²) in [6.45, 7) is 3.91. The minimum absolute atomic E-state index is 0. The Bertz CT molecular complexity index is 574. The summed E-state index contributed by atoms with van der Waals surface area (Å²) in [6, 6.07) is 9.76. The fraction of sp³-hybridized carbons (Fsp3) is 0.579. The van der Waals surface area contributed by atoms with Gasteiger partial charge in [-0.2, -0.15) is 0 Å². The van der Waals surface area contributed by atoms with Gasteiger partial charge < -0.3 is 16.0 Å². The van der Waals surface area contributed by atoms with Crippen LogP contribution in [0.4, 0.5) is 5.69 Å². The molecule has 1 unspecified atom stereocenters. The summed E-state index contributed by atoms with van der Waals surface area (Å²) in [5, 5.41) is 9.40. The number of para-hydroxylation sites is 1. The van der Waals surface area contributed by atoms with Gasteiger partial charge >= 0.3 is 0 Å². The molecule has 6 nitrogen and oxygen atoms in total. The van der Waals surface area contributed by atoms with Crippen LogP contribution in [0.5, 0.6) is 0 Å². The molecule has 1 aromatic rings. The van der Waals surface area contributed by atoms with Crippen molar-refractivity contribution in [2.45, 2.75) is 31.7 Å². The number of hydrogen-bond donors (Lipinski definition) is 3. The van der Waals surface area contributed by atoms with Crippen molar-refractivity contribution in [2.24, 2.45) is 5.92 Å². The zero-order valence-electron chi connectivity index (χ0n) is 15.5. The summed E-state index contributed by atoms with van der Waals surface area (Å²) in [6.07, 6.45) is 3.87. The van der Waals surface area contributed by atoms with Crippen LogP contribution in [-0.2, 0) is 9.59 Å². The Morgan fingerprint density at radius 3 is 2.41 bits per heavy atom. The summed E-state index contributed by atoms with van der Waals surface area (Å²) in [4.78, 5) is 26.6. The van der Waals surface area contributed by atoms with E-state index in [1.165, 1.54) is 0 Å². The van der Waals surface area contributed by atoms with Crippen molar-refractivity contribution < 1.29 is 9.59 Å². The molecule has 3 rings (SSSR count). The smallest absolute Gasteiger partial charge is 0.238 e. The number of nitrogens with one attached hydrogen (secondary N) is 3. The van der Waals surface area contributed by atoms with Crippen molar-refractivity contribution in [3.63, 3.8) is 0 Å². The lowest BCUT2D eigenvalue weighted by molar-refractivity contribution is -0.126. The number of carbonyl (C=O) groups is 2. The standard InChI is InChI=1S/C19H28N4O2.2ClH/c24-18(21-16-6-2-1-3-7-16)14-23-11-8-17(9-12-23)22-19(25)15-5-4-10-20-13-15;;/h1-3,6-7,15,17,20H,4-5,8-14H2,(H,21,24)(H,22,25);2*1H. The fourth-order valence-electron chi connectivity index (χ4n) is 3.56. The largest absolute Gasteiger partial charge is 0.353 e. The number of piperidine rings is 2. The van der Waals surface area contributed by atoms with Crippen LogP contribution < -0.4 is 16.0 Å². The topological polar surface area (TPSA) is 73.5 Å². The molecular weight excluding hydrogens is 387 g/mol. The van der Waals surface area contributed by atoms with E-state index in [9.17, 15) is 9.59 Å². The Morgan fingerprint density at radius 1 is 1.07 bits per heavy atom. The molecule has 0 spiro atoms. The van der Waals surface area contributed by atoms with E-state index in [0.29, 0.717) is 6.54 Å². The average molecular weight is 417 g/mol. The minimum Gasteiger partial charge on any atom is -0.353 e. The van der Waals surface area contributed by atoms with Crippen molar-refractivity contribution in [3.05, 3.63) is 30.3 Å². The number of carbonyl (C=O) groups excluding carboxylic acids is 2. The first-order chi connectivity index (χ1) is 12.2. The van der Waals surface area contributed by atoms with Gasteiger partial charge in [-0.15, -0.1) is 24.8 Å². The zero-order chi connectivity index (χ0) is 17.5. The quantitative estimate of drug-likeness (QED) is 0.686. The maximum absolute atomic E-state index is 12.3. The van der Waals surface area contributed by atoms with Crippen LogP contribution in [0.2, 0.25) is 0 Å². The van der Waals surface area contributed by atoms with Gasteiger partial charge in [-0.1, -0.05) is 18.2 Å². The van der Waals surface area contributed by atoms with Crippen LogP contribution in [0.15, 0.2) is 30.3 Å². The number of anilines is 1. The van der Waals surface area contributed by atoms with Crippen molar-refractivity contribution in [3.8, 4) is 0 Å². The molecule has 2 amide bonds. The van der Waals surface area contributed by atoms with Crippen molar-refractivity contribution in [1.82, 2.24) is 15.5 Å². The second-order valence-electron chi connectivity index (χ2n) is 7.02. The van der Waals surface area contributed by atoms with E-state index in [-0.39, 0.29) is 48.6 Å². The Balaban J connectivity index is 0.00000182. The Hall–Kier alpha value is -1.34. The van der Waals surface area contributed by atoms with Crippen LogP contribution in [0.25, 0.3) is 0 Å². The monoisotopic (exact) mass is 416 g/mol. The van der Waals surface area contributed by atoms with Crippen LogP contribution >= 0.6 is 24.8 Å². The van der Waals surface area contributed by atoms with Crippen molar-refractivity contribution >= 4 is 42.3 Å². The summed E-state index contributed by atoms with van der Waals surface area (Å²) in [5.74, 6) is 0.317. The molecule has 1 atom stereocenters. The number of rotatable bonds is 5. The van der Waals surface area contributed by atoms with Gasteiger partial charge in [0.1, 0.15) is 0 Å². The molecule has 0 aliphatic carbocycles. The first-order valence-electron chi connectivity index (χ1n) is 9.29. The van der Waals surface area contributed by atoms with Crippen LogP contribution in [0.1, 0.15) is 25.7 Å². The van der Waals surface area contributed by atoms with E-state index < -0.39 is 0 Å². The molecule has 2 aliphatic heterocycles. The highest BCUT2D eigenvalue weighted by molar-refractivity contribution is 5.92. The maximum Gasteiger partial charge on any atom is 0.238 e. The molecule has 0 aromatic heterocycles. The summed E-state index contributed by atoms with van der Waals surface area (Å²) in [7, 11) is 0. The number of likely N-dealkylation sites (tertiary alicyclic amines) is 1. The second-order valence-corrected chi connectivity index (χ2v) is 7.02. The highest BCUT2D eigenvalue weighted by Crippen LogP contribution is 2.14. The van der Waals surface area contributed by atoms with Gasteiger partial charge in [0.2, 0.25) is 11.8 Å². The molecule has 3 N–H and O–H groups in total. The van der Waals surface area contributed by atoms with Crippen LogP contribution in [-0.4, -0.2) is 55.5 Å². The lowest BCUT2D eigenvalue weighted by atomic mass is 9.97. The van der Waals surface area contributed by atoms with Gasteiger partial charge in [0.25, 0.3) is 0 Å². The first kappa shape index (κ1) is 23.7. The SMILES string of the molecule is Cl.Cl.O=C(CN1CCC(NC(=O)C2CCCNC2)CC1)Nc1ccccc1. The maximum atomic E-state index is 12.3. The fourth-order valence-corrected chi connectivity index (χ4v) is 3.56. The molecule has 1 aromatic carbocycles. The van der Waals surface area contributed by atoms with E-state index in [1.54, 1.807) is 0 Å². The molecular formula is C19H30Cl2N4O2. The third kappa shape index (κ3) is 7.66. The highest BCUT2D eigenvalue weighted by atomic mass is 35.5. The number of amides is 2. The zero-order valence-corrected chi connectivity index (χ0v) is 17.1. The third-order valence-corrected chi connectivity index (χ3v) is 5.03. The number of hydrogen-bond acceptors (Lipinski definition) is 4. The highest BCUT2D eigenvalue weighted by Gasteiger charge is 2.26. The normalized spacial score (nSPS) is 20.7. The first-order valence-corrected chi connectivity index (χ1v) is 9.29. The van der Waals surface area contributed by atoms with Gasteiger partial charge in [-0.3, -0.25) is 14.5 Å². The third-order valence-electron chi connectivity index (χ3n) is 5.03. The molecule has 27 heavy (non-hydrogen) atoms. The van der Waals surface area contributed by atoms with E-state index in [4.69, 9.17) is 0 Å².